The van der Waals surface area contributed by atoms with Crippen molar-refractivity contribution in [2.75, 3.05) is 20.1 Å². The van der Waals surface area contributed by atoms with Gasteiger partial charge in [0.05, 0.1) is 5.02 Å². The van der Waals surface area contributed by atoms with Gasteiger partial charge in [-0.1, -0.05) is 24.1 Å². The first-order chi connectivity index (χ1) is 10.0. The molecule has 4 heteroatoms. The Hall–Kier alpha value is -0.640. The highest BCUT2D eigenvalue weighted by atomic mass is 35.5. The van der Waals surface area contributed by atoms with Gasteiger partial charge in [-0.15, -0.1) is 0 Å². The molecular weight excluding hydrogens is 287 g/mol. The number of likely N-dealkylation sites (tertiary alicyclic amines) is 1. The average Bonchev–Trinajstić information content (AvgIpc) is 2.65. The molecule has 0 amide bonds. The van der Waals surface area contributed by atoms with E-state index in [-0.39, 0.29) is 10.8 Å². The monoisotopic (exact) mass is 312 g/mol. The average molecular weight is 313 g/mol. The number of hydrogen-bond acceptors (Lipinski definition) is 2. The summed E-state index contributed by atoms with van der Waals surface area (Å²) in [6.45, 7) is 6.54. The highest BCUT2D eigenvalue weighted by molar-refractivity contribution is 6.30. The third kappa shape index (κ3) is 3.97. The molecule has 0 bridgehead atoms. The molecule has 2 atom stereocenters. The lowest BCUT2D eigenvalue weighted by Crippen LogP contribution is -2.40. The summed E-state index contributed by atoms with van der Waals surface area (Å²) in [7, 11) is 2.00. The summed E-state index contributed by atoms with van der Waals surface area (Å²) in [5, 5.41) is 3.54. The molecule has 1 heterocycles. The smallest absolute Gasteiger partial charge is 0.141 e. The summed E-state index contributed by atoms with van der Waals surface area (Å²) in [5.41, 5.74) is 1.14. The molecule has 1 fully saturated rings. The fourth-order valence-corrected chi connectivity index (χ4v) is 3.67. The van der Waals surface area contributed by atoms with Crippen molar-refractivity contribution >= 4 is 11.6 Å². The Kier molecular flexibility index (Phi) is 6.03. The van der Waals surface area contributed by atoms with E-state index in [0.717, 1.165) is 18.7 Å². The van der Waals surface area contributed by atoms with E-state index >= 15 is 0 Å². The second kappa shape index (κ2) is 7.57. The van der Waals surface area contributed by atoms with Crippen LogP contribution in [-0.2, 0) is 0 Å². The van der Waals surface area contributed by atoms with Crippen LogP contribution in [0, 0.1) is 11.7 Å². The van der Waals surface area contributed by atoms with Gasteiger partial charge in [0.25, 0.3) is 0 Å². The van der Waals surface area contributed by atoms with E-state index in [1.807, 2.05) is 19.2 Å². The van der Waals surface area contributed by atoms with Gasteiger partial charge >= 0.3 is 0 Å². The lowest BCUT2D eigenvalue weighted by atomic mass is 9.88. The van der Waals surface area contributed by atoms with E-state index in [2.05, 4.69) is 24.1 Å². The maximum Gasteiger partial charge on any atom is 0.141 e. The highest BCUT2D eigenvalue weighted by Gasteiger charge is 2.32. The van der Waals surface area contributed by atoms with Crippen LogP contribution in [0.4, 0.5) is 4.39 Å². The van der Waals surface area contributed by atoms with Crippen LogP contribution in [0.5, 0.6) is 0 Å². The molecule has 118 valence electrons. The van der Waals surface area contributed by atoms with Crippen LogP contribution in [-0.4, -0.2) is 31.1 Å². The van der Waals surface area contributed by atoms with Gasteiger partial charge in [0.2, 0.25) is 0 Å². The summed E-state index contributed by atoms with van der Waals surface area (Å²) in [4.78, 5) is 2.54. The maximum absolute atomic E-state index is 13.5. The van der Waals surface area contributed by atoms with Crippen molar-refractivity contribution in [2.45, 2.75) is 45.2 Å². The lowest BCUT2D eigenvalue weighted by molar-refractivity contribution is 0.118. The minimum Gasteiger partial charge on any atom is -0.319 e. The Morgan fingerprint density at radius 2 is 2.14 bits per heavy atom. The van der Waals surface area contributed by atoms with Crippen LogP contribution in [0.15, 0.2) is 18.2 Å². The predicted octanol–water partition coefficient (Wildman–Crippen LogP) is 4.25. The standard InChI is InChI=1S/C17H26ClFN2/c1-12(2)21-9-5-4-6-14(11-20-3)17(21)13-7-8-16(19)15(18)10-13/h7-8,10,12,14,17,20H,4-6,9,11H2,1-3H3. The van der Waals surface area contributed by atoms with E-state index in [1.54, 1.807) is 0 Å². The van der Waals surface area contributed by atoms with Crippen LogP contribution in [0.2, 0.25) is 5.02 Å². The Balaban J connectivity index is 2.39. The normalized spacial score (nSPS) is 24.3. The molecule has 21 heavy (non-hydrogen) atoms. The van der Waals surface area contributed by atoms with Gasteiger partial charge in [0.1, 0.15) is 5.82 Å². The van der Waals surface area contributed by atoms with E-state index in [4.69, 9.17) is 11.6 Å². The summed E-state index contributed by atoms with van der Waals surface area (Å²) in [6.07, 6.45) is 3.68. The molecule has 0 aliphatic carbocycles. The van der Waals surface area contributed by atoms with Gasteiger partial charge in [-0.3, -0.25) is 4.90 Å². The Morgan fingerprint density at radius 1 is 1.38 bits per heavy atom. The summed E-state index contributed by atoms with van der Waals surface area (Å²) >= 11 is 6.02. The number of nitrogens with one attached hydrogen (secondary N) is 1. The summed E-state index contributed by atoms with van der Waals surface area (Å²) in [5.74, 6) is 0.191. The zero-order valence-corrected chi connectivity index (χ0v) is 14.0. The first-order valence-electron chi connectivity index (χ1n) is 7.90. The van der Waals surface area contributed by atoms with Gasteiger partial charge in [-0.2, -0.15) is 0 Å². The zero-order valence-electron chi connectivity index (χ0n) is 13.2. The molecule has 2 unspecified atom stereocenters. The van der Waals surface area contributed by atoms with Crippen molar-refractivity contribution in [1.29, 1.82) is 0 Å². The first kappa shape index (κ1) is 16.7. The SMILES string of the molecule is CNCC1CCCCN(C(C)C)C1c1ccc(F)c(Cl)c1. The quantitative estimate of drug-likeness (QED) is 0.894. The van der Waals surface area contributed by atoms with Crippen molar-refractivity contribution in [3.8, 4) is 0 Å². The van der Waals surface area contributed by atoms with Crippen LogP contribution < -0.4 is 5.32 Å². The largest absolute Gasteiger partial charge is 0.319 e. The number of halogens is 2. The zero-order chi connectivity index (χ0) is 15.4. The van der Waals surface area contributed by atoms with Crippen molar-refractivity contribution < 1.29 is 4.39 Å². The Morgan fingerprint density at radius 3 is 2.76 bits per heavy atom. The second-order valence-electron chi connectivity index (χ2n) is 6.26. The fourth-order valence-electron chi connectivity index (χ4n) is 3.48. The Labute approximate surface area is 132 Å². The molecule has 1 aliphatic rings. The third-order valence-corrected chi connectivity index (χ3v) is 4.75. The second-order valence-corrected chi connectivity index (χ2v) is 6.67. The molecule has 1 N–H and O–H groups in total. The predicted molar refractivity (Wildman–Crippen MR) is 87.3 cm³/mol. The van der Waals surface area contributed by atoms with Crippen LogP contribution >= 0.6 is 11.6 Å². The van der Waals surface area contributed by atoms with Gasteiger partial charge in [0.15, 0.2) is 0 Å². The van der Waals surface area contributed by atoms with Crippen molar-refractivity contribution in [3.63, 3.8) is 0 Å². The van der Waals surface area contributed by atoms with Crippen molar-refractivity contribution in [3.05, 3.63) is 34.6 Å². The molecule has 0 saturated carbocycles. The molecule has 2 rings (SSSR count). The van der Waals surface area contributed by atoms with E-state index in [0.29, 0.717) is 18.0 Å². The molecule has 0 radical (unpaired) electrons. The van der Waals surface area contributed by atoms with Crippen molar-refractivity contribution in [1.82, 2.24) is 10.2 Å². The molecule has 0 spiro atoms. The van der Waals surface area contributed by atoms with Gasteiger partial charge in [-0.25, -0.2) is 4.39 Å². The van der Waals surface area contributed by atoms with Gasteiger partial charge in [0, 0.05) is 12.1 Å². The molecule has 1 aromatic rings. The van der Waals surface area contributed by atoms with E-state index in [1.165, 1.54) is 25.3 Å². The molecule has 2 nitrogen and oxygen atoms in total. The highest BCUT2D eigenvalue weighted by Crippen LogP contribution is 2.37. The molecule has 0 aromatic heterocycles. The third-order valence-electron chi connectivity index (χ3n) is 4.46. The minimum atomic E-state index is -0.338. The van der Waals surface area contributed by atoms with Crippen LogP contribution in [0.3, 0.4) is 0 Å². The maximum atomic E-state index is 13.5. The van der Waals surface area contributed by atoms with Crippen molar-refractivity contribution in [2.24, 2.45) is 5.92 Å². The fraction of sp³-hybridized carbons (Fsp3) is 0.647. The molecule has 1 saturated heterocycles. The number of rotatable bonds is 4. The number of nitrogens with zero attached hydrogens (tertiary/aromatic N) is 1. The van der Waals surface area contributed by atoms with E-state index in [9.17, 15) is 4.39 Å². The molecular formula is C17H26ClFN2. The summed E-state index contributed by atoms with van der Waals surface area (Å²) < 4.78 is 13.5. The first-order valence-corrected chi connectivity index (χ1v) is 8.27. The van der Waals surface area contributed by atoms with Crippen LogP contribution in [0.1, 0.15) is 44.7 Å². The van der Waals surface area contributed by atoms with E-state index < -0.39 is 0 Å². The van der Waals surface area contributed by atoms with Crippen LogP contribution in [0.25, 0.3) is 0 Å². The van der Waals surface area contributed by atoms with Gasteiger partial charge < -0.3 is 5.32 Å². The molecule has 1 aliphatic heterocycles. The topological polar surface area (TPSA) is 15.3 Å². The summed E-state index contributed by atoms with van der Waals surface area (Å²) in [6, 6.07) is 5.98. The lowest BCUT2D eigenvalue weighted by Gasteiger charge is -2.38. The minimum absolute atomic E-state index is 0.226. The molecule has 1 aromatic carbocycles. The number of benzene rings is 1. The number of hydrogen-bond donors (Lipinski definition) is 1. The Bertz CT molecular complexity index is 464. The van der Waals surface area contributed by atoms with Gasteiger partial charge in [-0.05, 0) is 70.4 Å².